The van der Waals surface area contributed by atoms with E-state index in [9.17, 15) is 0 Å². The highest BCUT2D eigenvalue weighted by Gasteiger charge is 2.20. The fourth-order valence-corrected chi connectivity index (χ4v) is 8.45. The Kier molecular flexibility index (Phi) is 7.46. The number of nitrogens with zero attached hydrogens (tertiary/aromatic N) is 3. The monoisotopic (exact) mass is 717 g/mol. The van der Waals surface area contributed by atoms with Crippen LogP contribution in [0.2, 0.25) is 0 Å². The molecule has 2 aromatic heterocycles. The zero-order valence-electron chi connectivity index (χ0n) is 30.5. The molecule has 0 amide bonds. The van der Waals surface area contributed by atoms with Gasteiger partial charge in [-0.1, -0.05) is 109 Å². The average molecular weight is 718 g/mol. The van der Waals surface area contributed by atoms with Crippen LogP contribution in [0.25, 0.3) is 60.2 Å². The number of hydrogen-bond acceptors (Lipinski definition) is 3. The highest BCUT2D eigenvalue weighted by atomic mass is 16.3. The van der Waals surface area contributed by atoms with Crippen LogP contribution >= 0.6 is 0 Å². The normalized spacial score (nSPS) is 11.6. The Morgan fingerprint density at radius 1 is 0.321 bits per heavy atom. The van der Waals surface area contributed by atoms with Crippen molar-refractivity contribution in [1.82, 2.24) is 4.57 Å². The molecule has 0 radical (unpaired) electrons. The summed E-state index contributed by atoms with van der Waals surface area (Å²) in [6.45, 7) is 0. The van der Waals surface area contributed by atoms with Crippen molar-refractivity contribution in [2.24, 2.45) is 0 Å². The van der Waals surface area contributed by atoms with E-state index in [4.69, 9.17) is 4.42 Å². The molecule has 56 heavy (non-hydrogen) atoms. The fourth-order valence-electron chi connectivity index (χ4n) is 8.45. The minimum atomic E-state index is 0.905. The zero-order chi connectivity index (χ0) is 37.0. The maximum atomic E-state index is 6.24. The van der Waals surface area contributed by atoms with Crippen LogP contribution in [0.1, 0.15) is 0 Å². The van der Waals surface area contributed by atoms with E-state index in [0.717, 1.165) is 67.1 Å². The molecule has 0 aliphatic carbocycles. The molecule has 0 aliphatic heterocycles. The van der Waals surface area contributed by atoms with Gasteiger partial charge in [-0.05, 0) is 114 Å². The van der Waals surface area contributed by atoms with Crippen molar-refractivity contribution in [3.63, 3.8) is 0 Å². The van der Waals surface area contributed by atoms with Gasteiger partial charge in [-0.25, -0.2) is 0 Å². The van der Waals surface area contributed by atoms with Crippen LogP contribution in [-0.2, 0) is 0 Å². The first-order valence-electron chi connectivity index (χ1n) is 19.0. The first-order valence-corrected chi connectivity index (χ1v) is 19.0. The van der Waals surface area contributed by atoms with E-state index in [1.807, 2.05) is 12.1 Å². The number of furan rings is 1. The van der Waals surface area contributed by atoms with Gasteiger partial charge in [-0.2, -0.15) is 0 Å². The maximum absolute atomic E-state index is 6.24. The second-order valence-electron chi connectivity index (χ2n) is 14.2. The van der Waals surface area contributed by atoms with Gasteiger partial charge in [0.15, 0.2) is 0 Å². The lowest BCUT2D eigenvalue weighted by Crippen LogP contribution is -2.13. The van der Waals surface area contributed by atoms with Crippen LogP contribution in [0.3, 0.4) is 0 Å². The Hall–Kier alpha value is -7.56. The summed E-state index contributed by atoms with van der Waals surface area (Å²) in [5, 5.41) is 7.06. The van der Waals surface area contributed by atoms with Crippen molar-refractivity contribution in [2.75, 3.05) is 9.80 Å². The van der Waals surface area contributed by atoms with Crippen molar-refractivity contribution in [3.05, 3.63) is 212 Å². The Bertz CT molecular complexity index is 3200. The standard InChI is InChI=1S/C52H35N3O/c1-4-15-37(16-5-1)53(42-28-30-44-36(33-42)27-32-51-52(44)46-24-11-13-26-50(46)56-51)40-21-14-22-41(34-40)54(38-17-6-2-7-18-38)43-29-31-49-47(35-43)45-23-10-12-25-48(45)55(49)39-19-8-3-9-20-39/h1-35H. The molecule has 11 rings (SSSR count). The molecular formula is C52H35N3O. The third-order valence-electron chi connectivity index (χ3n) is 10.9. The molecule has 0 N–H and O–H groups in total. The summed E-state index contributed by atoms with van der Waals surface area (Å²) in [6, 6.07) is 75.7. The molecule has 264 valence electrons. The number of anilines is 6. The number of fused-ring (bicyclic) bond motifs is 8. The topological polar surface area (TPSA) is 24.6 Å². The number of hydrogen-bond donors (Lipinski definition) is 0. The van der Waals surface area contributed by atoms with E-state index in [1.165, 1.54) is 27.2 Å². The Morgan fingerprint density at radius 3 is 1.61 bits per heavy atom. The van der Waals surface area contributed by atoms with Crippen LogP contribution in [0.5, 0.6) is 0 Å². The molecule has 0 aliphatic rings. The lowest BCUT2D eigenvalue weighted by Gasteiger charge is -2.29. The van der Waals surface area contributed by atoms with E-state index in [1.54, 1.807) is 0 Å². The zero-order valence-corrected chi connectivity index (χ0v) is 30.5. The van der Waals surface area contributed by atoms with Crippen molar-refractivity contribution >= 4 is 88.6 Å². The highest BCUT2D eigenvalue weighted by Crippen LogP contribution is 2.44. The molecule has 0 atom stereocenters. The summed E-state index contributed by atoms with van der Waals surface area (Å²) in [5.41, 5.74) is 11.8. The van der Waals surface area contributed by atoms with Crippen LogP contribution in [0, 0.1) is 0 Å². The molecule has 0 fully saturated rings. The largest absolute Gasteiger partial charge is 0.456 e. The minimum Gasteiger partial charge on any atom is -0.456 e. The second-order valence-corrected chi connectivity index (χ2v) is 14.2. The van der Waals surface area contributed by atoms with E-state index < -0.39 is 0 Å². The summed E-state index contributed by atoms with van der Waals surface area (Å²) < 4.78 is 8.60. The fraction of sp³-hybridized carbons (Fsp3) is 0. The Labute approximate surface area is 324 Å². The first-order chi connectivity index (χ1) is 27.8. The molecule has 0 bridgehead atoms. The molecule has 0 saturated heterocycles. The number of para-hydroxylation sites is 5. The second kappa shape index (κ2) is 13.1. The molecule has 0 unspecified atom stereocenters. The van der Waals surface area contributed by atoms with Crippen LogP contribution < -0.4 is 9.80 Å². The molecular weight excluding hydrogens is 683 g/mol. The van der Waals surface area contributed by atoms with Gasteiger partial charge in [0.2, 0.25) is 0 Å². The number of aromatic nitrogens is 1. The SMILES string of the molecule is c1ccc(N(c2cccc(N(c3ccccc3)c3ccc4c(c3)c3ccccc3n4-c3ccccc3)c2)c2ccc3c(ccc4oc5ccccc5c43)c2)cc1. The van der Waals surface area contributed by atoms with Gasteiger partial charge in [-0.3, -0.25) is 0 Å². The third-order valence-corrected chi connectivity index (χ3v) is 10.9. The lowest BCUT2D eigenvalue weighted by molar-refractivity contribution is 0.669. The number of rotatable bonds is 7. The molecule has 4 nitrogen and oxygen atoms in total. The van der Waals surface area contributed by atoms with Crippen molar-refractivity contribution < 1.29 is 4.42 Å². The molecule has 9 aromatic carbocycles. The maximum Gasteiger partial charge on any atom is 0.136 e. The van der Waals surface area contributed by atoms with Crippen LogP contribution in [0.15, 0.2) is 217 Å². The molecule has 11 aromatic rings. The smallest absolute Gasteiger partial charge is 0.136 e. The van der Waals surface area contributed by atoms with Gasteiger partial charge in [0.1, 0.15) is 11.2 Å². The highest BCUT2D eigenvalue weighted by molar-refractivity contribution is 6.19. The van der Waals surface area contributed by atoms with Crippen molar-refractivity contribution in [3.8, 4) is 5.69 Å². The van der Waals surface area contributed by atoms with E-state index in [0.29, 0.717) is 0 Å². The average Bonchev–Trinajstić information content (AvgIpc) is 3.81. The molecule has 2 heterocycles. The first kappa shape index (κ1) is 31.9. The van der Waals surface area contributed by atoms with Gasteiger partial charge in [0.05, 0.1) is 11.0 Å². The quantitative estimate of drug-likeness (QED) is 0.164. The summed E-state index contributed by atoms with van der Waals surface area (Å²) >= 11 is 0. The van der Waals surface area contributed by atoms with Crippen LogP contribution in [0.4, 0.5) is 34.1 Å². The summed E-state index contributed by atoms with van der Waals surface area (Å²) in [5.74, 6) is 0. The summed E-state index contributed by atoms with van der Waals surface area (Å²) in [7, 11) is 0. The van der Waals surface area contributed by atoms with Gasteiger partial charge >= 0.3 is 0 Å². The van der Waals surface area contributed by atoms with Gasteiger partial charge in [-0.15, -0.1) is 0 Å². The third kappa shape index (κ3) is 5.23. The molecule has 4 heteroatoms. The Balaban J connectivity index is 1.08. The van der Waals surface area contributed by atoms with E-state index in [-0.39, 0.29) is 0 Å². The molecule has 0 spiro atoms. The van der Waals surface area contributed by atoms with Crippen LogP contribution in [-0.4, -0.2) is 4.57 Å². The Morgan fingerprint density at radius 2 is 0.875 bits per heavy atom. The number of benzene rings is 9. The lowest BCUT2D eigenvalue weighted by atomic mass is 10.0. The predicted octanol–water partition coefficient (Wildman–Crippen LogP) is 14.8. The summed E-state index contributed by atoms with van der Waals surface area (Å²) in [6.07, 6.45) is 0. The van der Waals surface area contributed by atoms with Crippen molar-refractivity contribution in [1.29, 1.82) is 0 Å². The van der Waals surface area contributed by atoms with Crippen molar-refractivity contribution in [2.45, 2.75) is 0 Å². The van der Waals surface area contributed by atoms with E-state index in [2.05, 4.69) is 215 Å². The minimum absolute atomic E-state index is 0.905. The van der Waals surface area contributed by atoms with Gasteiger partial charge in [0, 0.05) is 61.4 Å². The van der Waals surface area contributed by atoms with Gasteiger partial charge in [0.25, 0.3) is 0 Å². The summed E-state index contributed by atoms with van der Waals surface area (Å²) in [4.78, 5) is 4.71. The van der Waals surface area contributed by atoms with Gasteiger partial charge < -0.3 is 18.8 Å². The molecule has 0 saturated carbocycles. The van der Waals surface area contributed by atoms with E-state index >= 15 is 0 Å². The predicted molar refractivity (Wildman–Crippen MR) is 235 cm³/mol.